The minimum atomic E-state index is -4.86. The Balaban J connectivity index is 1.69. The molecule has 2 aromatic rings. The van der Waals surface area contributed by atoms with Gasteiger partial charge in [-0.3, -0.25) is 4.79 Å². The van der Waals surface area contributed by atoms with Crippen molar-refractivity contribution in [2.75, 3.05) is 24.6 Å². The topological polar surface area (TPSA) is 49.8 Å². The van der Waals surface area contributed by atoms with Gasteiger partial charge in [0.25, 0.3) is 0 Å². The molecule has 0 radical (unpaired) electrons. The van der Waals surface area contributed by atoms with Gasteiger partial charge in [-0.2, -0.15) is 13.2 Å². The number of anilines is 1. The van der Waals surface area contributed by atoms with E-state index in [1.807, 2.05) is 6.07 Å². The number of carbonyl (C=O) groups excluding carboxylic acids is 1. The van der Waals surface area contributed by atoms with Crippen molar-refractivity contribution < 1.29 is 27.8 Å². The first-order valence-electron chi connectivity index (χ1n) is 10.5. The van der Waals surface area contributed by atoms with Crippen LogP contribution in [0.2, 0.25) is 0 Å². The number of aliphatic hydroxyl groups is 1. The molecule has 2 heterocycles. The zero-order valence-corrected chi connectivity index (χ0v) is 19.5. The van der Waals surface area contributed by atoms with Crippen LogP contribution >= 0.6 is 15.9 Å². The van der Waals surface area contributed by atoms with Crippen molar-refractivity contribution in [1.29, 1.82) is 0 Å². The van der Waals surface area contributed by atoms with Crippen LogP contribution in [0, 0.1) is 0 Å². The van der Waals surface area contributed by atoms with E-state index in [1.165, 1.54) is 4.90 Å². The van der Waals surface area contributed by atoms with E-state index in [2.05, 4.69) is 15.9 Å². The molecule has 172 valence electrons. The summed E-state index contributed by atoms with van der Waals surface area (Å²) in [5, 5.41) is 11.1. The number of nitrogens with zero attached hydrogens (tertiary/aromatic N) is 1. The van der Waals surface area contributed by atoms with Crippen LogP contribution in [-0.4, -0.2) is 42.4 Å². The van der Waals surface area contributed by atoms with Gasteiger partial charge in [-0.25, -0.2) is 0 Å². The van der Waals surface area contributed by atoms with Crippen LogP contribution in [0.1, 0.15) is 48.2 Å². The molecule has 0 aromatic heterocycles. The van der Waals surface area contributed by atoms with Crippen LogP contribution in [0.3, 0.4) is 0 Å². The number of carbonyl (C=O) groups is 1. The highest BCUT2D eigenvalue weighted by atomic mass is 79.9. The molecule has 0 saturated heterocycles. The molecule has 0 aliphatic carbocycles. The van der Waals surface area contributed by atoms with E-state index in [1.54, 1.807) is 44.2 Å². The van der Waals surface area contributed by atoms with Crippen LogP contribution < -0.4 is 9.64 Å². The molecular weight excluding hydrogens is 487 g/mol. The van der Waals surface area contributed by atoms with Crippen molar-refractivity contribution >= 4 is 27.4 Å². The third kappa shape index (κ3) is 4.15. The van der Waals surface area contributed by atoms with Gasteiger partial charge in [0, 0.05) is 40.7 Å². The Labute approximate surface area is 193 Å². The standard InChI is InChI=1S/C24H25BrF3NO3/c1-22(2,18-12-16(25)11-15-8-10-32-21(15)18)13-23(31,24(26,27)28)14-29-9-7-20(30)17-5-3-4-6-19(17)29/h3-6,11-12,31H,7-10,13-14H2,1-2H3. The Morgan fingerprint density at radius 2 is 1.88 bits per heavy atom. The SMILES string of the molecule is CC(C)(CC(O)(CN1CCC(=O)c2ccccc21)C(F)(F)F)c1cc(Br)cc2c1OCC2. The van der Waals surface area contributed by atoms with Gasteiger partial charge in [-0.05, 0) is 41.7 Å². The predicted octanol–water partition coefficient (Wildman–Crippen LogP) is 5.44. The first-order chi connectivity index (χ1) is 14.9. The van der Waals surface area contributed by atoms with Crippen LogP contribution in [0.25, 0.3) is 0 Å². The second-order valence-corrected chi connectivity index (χ2v) is 10.2. The van der Waals surface area contributed by atoms with Crippen LogP contribution in [-0.2, 0) is 11.8 Å². The highest BCUT2D eigenvalue weighted by molar-refractivity contribution is 9.10. The summed E-state index contributed by atoms with van der Waals surface area (Å²) in [5.74, 6) is 0.506. The van der Waals surface area contributed by atoms with Gasteiger partial charge in [-0.1, -0.05) is 41.9 Å². The third-order valence-electron chi connectivity index (χ3n) is 6.35. The van der Waals surface area contributed by atoms with Crippen molar-refractivity contribution in [3.63, 3.8) is 0 Å². The van der Waals surface area contributed by atoms with Gasteiger partial charge in [0.15, 0.2) is 11.4 Å². The number of hydrogen-bond acceptors (Lipinski definition) is 4. The van der Waals surface area contributed by atoms with E-state index in [0.717, 1.165) is 10.0 Å². The summed E-state index contributed by atoms with van der Waals surface area (Å²) in [4.78, 5) is 13.7. The molecule has 2 aromatic carbocycles. The fourth-order valence-electron chi connectivity index (χ4n) is 4.80. The average molecular weight is 512 g/mol. The van der Waals surface area contributed by atoms with Crippen molar-refractivity contribution in [3.05, 3.63) is 57.6 Å². The normalized spacial score (nSPS) is 18.1. The van der Waals surface area contributed by atoms with Crippen molar-refractivity contribution in [2.24, 2.45) is 0 Å². The Morgan fingerprint density at radius 1 is 1.16 bits per heavy atom. The summed E-state index contributed by atoms with van der Waals surface area (Å²) in [7, 11) is 0. The second-order valence-electron chi connectivity index (χ2n) is 9.24. The number of β-amino-alcohol motifs (C(OH)–C–C–N with tert-alkyl or cyclic N) is 1. The third-order valence-corrected chi connectivity index (χ3v) is 6.80. The number of fused-ring (bicyclic) bond motifs is 2. The molecule has 1 atom stereocenters. The summed E-state index contributed by atoms with van der Waals surface area (Å²) in [6.07, 6.45) is -4.61. The van der Waals surface area contributed by atoms with E-state index < -0.39 is 30.2 Å². The zero-order valence-electron chi connectivity index (χ0n) is 17.9. The largest absolute Gasteiger partial charge is 0.493 e. The molecule has 8 heteroatoms. The summed E-state index contributed by atoms with van der Waals surface area (Å²) in [5.41, 5.74) is -1.62. The van der Waals surface area contributed by atoms with Gasteiger partial charge < -0.3 is 14.7 Å². The summed E-state index contributed by atoms with van der Waals surface area (Å²) in [6.45, 7) is 3.35. The molecule has 0 bridgehead atoms. The Kier molecular flexibility index (Phi) is 5.82. The first-order valence-corrected chi connectivity index (χ1v) is 11.3. The fraction of sp³-hybridized carbons (Fsp3) is 0.458. The summed E-state index contributed by atoms with van der Waals surface area (Å²) in [6, 6.07) is 10.3. The van der Waals surface area contributed by atoms with E-state index in [4.69, 9.17) is 4.74 Å². The van der Waals surface area contributed by atoms with E-state index >= 15 is 0 Å². The van der Waals surface area contributed by atoms with Crippen molar-refractivity contribution in [2.45, 2.75) is 50.3 Å². The maximum atomic E-state index is 14.3. The molecule has 0 fully saturated rings. The molecule has 2 aliphatic heterocycles. The monoisotopic (exact) mass is 511 g/mol. The van der Waals surface area contributed by atoms with Gasteiger partial charge >= 0.3 is 6.18 Å². The number of Topliss-reactive ketones (excluding diaryl/α,β-unsaturated/α-hetero) is 1. The lowest BCUT2D eigenvalue weighted by Crippen LogP contribution is -2.57. The average Bonchev–Trinajstić information content (AvgIpc) is 3.16. The van der Waals surface area contributed by atoms with Crippen molar-refractivity contribution in [1.82, 2.24) is 0 Å². The summed E-state index contributed by atoms with van der Waals surface area (Å²) >= 11 is 3.45. The van der Waals surface area contributed by atoms with Crippen LogP contribution in [0.15, 0.2) is 40.9 Å². The second kappa shape index (κ2) is 8.06. The van der Waals surface area contributed by atoms with Gasteiger partial charge in [0.05, 0.1) is 13.2 Å². The smallest absolute Gasteiger partial charge is 0.418 e. The van der Waals surface area contributed by atoms with E-state index in [0.29, 0.717) is 35.6 Å². The quantitative estimate of drug-likeness (QED) is 0.580. The maximum absolute atomic E-state index is 14.3. The Hall–Kier alpha value is -2.06. The molecule has 0 amide bonds. The van der Waals surface area contributed by atoms with E-state index in [9.17, 15) is 23.1 Å². The van der Waals surface area contributed by atoms with Gasteiger partial charge in [0.2, 0.25) is 0 Å². The zero-order chi connectivity index (χ0) is 23.3. The van der Waals surface area contributed by atoms with Gasteiger partial charge in [-0.15, -0.1) is 0 Å². The molecule has 2 aliphatic rings. The summed E-state index contributed by atoms with van der Waals surface area (Å²) < 4.78 is 49.5. The number of alkyl halides is 3. The lowest BCUT2D eigenvalue weighted by Gasteiger charge is -2.42. The molecule has 32 heavy (non-hydrogen) atoms. The molecule has 0 saturated carbocycles. The predicted molar refractivity (Wildman–Crippen MR) is 120 cm³/mol. The molecular formula is C24H25BrF3NO3. The number of para-hydroxylation sites is 1. The highest BCUT2D eigenvalue weighted by Crippen LogP contribution is 2.47. The van der Waals surface area contributed by atoms with Crippen LogP contribution in [0.4, 0.5) is 18.9 Å². The molecule has 1 unspecified atom stereocenters. The minimum Gasteiger partial charge on any atom is -0.493 e. The number of ketones is 1. The lowest BCUT2D eigenvalue weighted by atomic mass is 9.73. The number of hydrogen-bond donors (Lipinski definition) is 1. The number of ether oxygens (including phenoxy) is 1. The molecule has 4 rings (SSSR count). The molecule has 4 nitrogen and oxygen atoms in total. The van der Waals surface area contributed by atoms with E-state index in [-0.39, 0.29) is 18.7 Å². The Morgan fingerprint density at radius 3 is 2.59 bits per heavy atom. The minimum absolute atomic E-state index is 0.102. The van der Waals surface area contributed by atoms with Crippen LogP contribution in [0.5, 0.6) is 5.75 Å². The number of benzene rings is 2. The molecule has 1 N–H and O–H groups in total. The van der Waals surface area contributed by atoms with Gasteiger partial charge in [0.1, 0.15) is 5.75 Å². The Bertz CT molecular complexity index is 1050. The fourth-order valence-corrected chi connectivity index (χ4v) is 5.31. The number of rotatable bonds is 5. The van der Waals surface area contributed by atoms with Crippen molar-refractivity contribution in [3.8, 4) is 5.75 Å². The maximum Gasteiger partial charge on any atom is 0.418 e. The highest BCUT2D eigenvalue weighted by Gasteiger charge is 2.57. The molecule has 0 spiro atoms. The lowest BCUT2D eigenvalue weighted by molar-refractivity contribution is -0.262. The number of halogens is 4. The first kappa shape index (κ1) is 23.1.